The number of piperidine rings is 2. The van der Waals surface area contributed by atoms with Crippen molar-refractivity contribution in [2.75, 3.05) is 50.6 Å². The molecule has 1 unspecified atom stereocenters. The molecule has 1 aromatic carbocycles. The predicted octanol–water partition coefficient (Wildman–Crippen LogP) is 3.01. The van der Waals surface area contributed by atoms with Gasteiger partial charge in [-0.1, -0.05) is 0 Å². The van der Waals surface area contributed by atoms with Gasteiger partial charge in [-0.05, 0) is 31.7 Å². The van der Waals surface area contributed by atoms with Crippen molar-refractivity contribution >= 4 is 28.6 Å². The minimum atomic E-state index is -0.870. The van der Waals surface area contributed by atoms with Gasteiger partial charge >= 0.3 is 0 Å². The number of ether oxygens (including phenoxy) is 2. The van der Waals surface area contributed by atoms with Crippen LogP contribution >= 0.6 is 0 Å². The third-order valence-electron chi connectivity index (χ3n) is 6.12. The number of amides is 1. The number of aromatic nitrogens is 2. The summed E-state index contributed by atoms with van der Waals surface area (Å²) in [6, 6.07) is 3.89. The van der Waals surface area contributed by atoms with Crippen LogP contribution in [0.2, 0.25) is 0 Å². The van der Waals surface area contributed by atoms with Gasteiger partial charge in [-0.25, -0.2) is 9.37 Å². The number of anilines is 2. The van der Waals surface area contributed by atoms with Crippen LogP contribution in [-0.4, -0.2) is 73.4 Å². The lowest BCUT2D eigenvalue weighted by molar-refractivity contribution is -0.129. The largest absolute Gasteiger partial charge is 0.493 e. The first-order valence-electron chi connectivity index (χ1n) is 10.8. The number of benzene rings is 1. The number of halogens is 1. The van der Waals surface area contributed by atoms with E-state index in [0.717, 1.165) is 44.3 Å². The highest BCUT2D eigenvalue weighted by atomic mass is 19.1. The zero-order valence-electron chi connectivity index (χ0n) is 18.4. The van der Waals surface area contributed by atoms with Gasteiger partial charge in [0.2, 0.25) is 11.9 Å². The number of likely N-dealkylation sites (tertiary alicyclic amines) is 1. The van der Waals surface area contributed by atoms with E-state index in [2.05, 4.69) is 5.32 Å². The third kappa shape index (κ3) is 4.60. The summed E-state index contributed by atoms with van der Waals surface area (Å²) in [6.07, 6.45) is 2.16. The Hall–Kier alpha value is -2.84. The zero-order chi connectivity index (χ0) is 22.0. The monoisotopic (exact) mass is 431 g/mol. The Bertz CT molecular complexity index is 948. The standard InChI is InChI=1S/C22H30FN5O3/c1-14(29)27-9-6-16(7-10-27)24-21-17-11-19(30-2)20(31-3)12-18(17)25-22(26-21)28-8-4-5-15(23)13-28/h11-12,15-16H,4-10,13H2,1-3H3,(H,24,25,26). The Labute approximate surface area is 181 Å². The second kappa shape index (κ2) is 9.11. The summed E-state index contributed by atoms with van der Waals surface area (Å²) >= 11 is 0. The molecule has 9 heteroatoms. The number of carbonyl (C=O) groups excluding carboxylic acids is 1. The van der Waals surface area contributed by atoms with Gasteiger partial charge in [0.15, 0.2) is 11.5 Å². The second-order valence-corrected chi connectivity index (χ2v) is 8.21. The van der Waals surface area contributed by atoms with E-state index >= 15 is 0 Å². The number of rotatable bonds is 5. The molecule has 2 fully saturated rings. The molecule has 0 spiro atoms. The Morgan fingerprint density at radius 3 is 2.45 bits per heavy atom. The quantitative estimate of drug-likeness (QED) is 0.780. The highest BCUT2D eigenvalue weighted by molar-refractivity contribution is 5.93. The average Bonchev–Trinajstić information content (AvgIpc) is 2.78. The maximum atomic E-state index is 14.0. The van der Waals surface area contributed by atoms with Crippen LogP contribution in [0.1, 0.15) is 32.6 Å². The van der Waals surface area contributed by atoms with Gasteiger partial charge in [0.25, 0.3) is 0 Å². The molecule has 3 heterocycles. The summed E-state index contributed by atoms with van der Waals surface area (Å²) in [5.74, 6) is 2.51. The molecule has 31 heavy (non-hydrogen) atoms. The Balaban J connectivity index is 1.69. The van der Waals surface area contributed by atoms with Crippen molar-refractivity contribution in [1.82, 2.24) is 14.9 Å². The summed E-state index contributed by atoms with van der Waals surface area (Å²) in [7, 11) is 3.19. The maximum Gasteiger partial charge on any atom is 0.227 e. The topological polar surface area (TPSA) is 79.8 Å². The fourth-order valence-electron chi connectivity index (χ4n) is 4.33. The lowest BCUT2D eigenvalue weighted by atomic mass is 10.0. The van der Waals surface area contributed by atoms with Gasteiger partial charge in [0, 0.05) is 44.1 Å². The van der Waals surface area contributed by atoms with Crippen molar-refractivity contribution in [3.63, 3.8) is 0 Å². The molecule has 168 valence electrons. The van der Waals surface area contributed by atoms with Gasteiger partial charge in [-0.15, -0.1) is 0 Å². The molecule has 2 aromatic rings. The smallest absolute Gasteiger partial charge is 0.227 e. The molecule has 1 N–H and O–H groups in total. The highest BCUT2D eigenvalue weighted by Crippen LogP contribution is 2.36. The van der Waals surface area contributed by atoms with Gasteiger partial charge in [-0.2, -0.15) is 4.98 Å². The molecule has 8 nitrogen and oxygen atoms in total. The van der Waals surface area contributed by atoms with Crippen LogP contribution in [0, 0.1) is 0 Å². The SMILES string of the molecule is COc1cc2nc(N3CCCC(F)C3)nc(NC3CCN(C(C)=O)CC3)c2cc1OC. The first kappa shape index (κ1) is 21.4. The first-order chi connectivity index (χ1) is 15.0. The van der Waals surface area contributed by atoms with Crippen molar-refractivity contribution in [3.05, 3.63) is 12.1 Å². The van der Waals surface area contributed by atoms with Crippen molar-refractivity contribution in [3.8, 4) is 11.5 Å². The molecule has 1 aromatic heterocycles. The van der Waals surface area contributed by atoms with Gasteiger partial charge < -0.3 is 24.6 Å². The molecule has 0 aliphatic carbocycles. The molecule has 2 aliphatic rings. The van der Waals surface area contributed by atoms with Crippen LogP contribution in [0.5, 0.6) is 11.5 Å². The van der Waals surface area contributed by atoms with Crippen molar-refractivity contribution in [1.29, 1.82) is 0 Å². The van der Waals surface area contributed by atoms with Crippen molar-refractivity contribution < 1.29 is 18.7 Å². The van der Waals surface area contributed by atoms with Crippen LogP contribution in [0.3, 0.4) is 0 Å². The normalized spacial score (nSPS) is 20.1. The highest BCUT2D eigenvalue weighted by Gasteiger charge is 2.25. The minimum Gasteiger partial charge on any atom is -0.493 e. The molecular weight excluding hydrogens is 401 g/mol. The van der Waals surface area contributed by atoms with E-state index in [1.54, 1.807) is 21.1 Å². The number of hydrogen-bond donors (Lipinski definition) is 1. The number of methoxy groups -OCH3 is 2. The Morgan fingerprint density at radius 2 is 1.81 bits per heavy atom. The number of carbonyl (C=O) groups is 1. The van der Waals surface area contributed by atoms with Crippen LogP contribution in [0.15, 0.2) is 12.1 Å². The molecule has 4 rings (SSSR count). The predicted molar refractivity (Wildman–Crippen MR) is 118 cm³/mol. The number of hydrogen-bond acceptors (Lipinski definition) is 7. The molecule has 0 bridgehead atoms. The van der Waals surface area contributed by atoms with Crippen LogP contribution < -0.4 is 19.7 Å². The minimum absolute atomic E-state index is 0.107. The lowest BCUT2D eigenvalue weighted by Gasteiger charge is -2.33. The van der Waals surface area contributed by atoms with E-state index in [1.165, 1.54) is 0 Å². The first-order valence-corrected chi connectivity index (χ1v) is 10.8. The molecule has 0 radical (unpaired) electrons. The van der Waals surface area contributed by atoms with E-state index in [1.807, 2.05) is 21.9 Å². The molecular formula is C22H30FN5O3. The molecule has 1 amide bonds. The zero-order valence-corrected chi connectivity index (χ0v) is 18.4. The Kier molecular flexibility index (Phi) is 6.29. The van der Waals surface area contributed by atoms with Crippen LogP contribution in [0.25, 0.3) is 10.9 Å². The second-order valence-electron chi connectivity index (χ2n) is 8.21. The molecule has 2 saturated heterocycles. The number of nitrogens with zero attached hydrogens (tertiary/aromatic N) is 4. The van der Waals surface area contributed by atoms with Gasteiger partial charge in [0.1, 0.15) is 12.0 Å². The number of fused-ring (bicyclic) bond motifs is 1. The van der Waals surface area contributed by atoms with E-state index < -0.39 is 6.17 Å². The summed E-state index contributed by atoms with van der Waals surface area (Å²) < 4.78 is 25.0. The van der Waals surface area contributed by atoms with E-state index in [9.17, 15) is 9.18 Å². The third-order valence-corrected chi connectivity index (χ3v) is 6.12. The van der Waals surface area contributed by atoms with Gasteiger partial charge in [-0.3, -0.25) is 4.79 Å². The summed E-state index contributed by atoms with van der Waals surface area (Å²) in [5, 5.41) is 4.38. The van der Waals surface area contributed by atoms with E-state index in [4.69, 9.17) is 19.4 Å². The van der Waals surface area contributed by atoms with E-state index in [0.29, 0.717) is 41.7 Å². The maximum absolute atomic E-state index is 14.0. The molecule has 0 saturated carbocycles. The average molecular weight is 432 g/mol. The number of nitrogens with one attached hydrogen (secondary N) is 1. The van der Waals surface area contributed by atoms with Crippen molar-refractivity contribution in [2.24, 2.45) is 0 Å². The summed E-state index contributed by atoms with van der Waals surface area (Å²) in [5.41, 5.74) is 0.715. The Morgan fingerprint density at radius 1 is 1.10 bits per heavy atom. The van der Waals surface area contributed by atoms with Crippen molar-refractivity contribution in [2.45, 2.75) is 44.8 Å². The lowest BCUT2D eigenvalue weighted by Crippen LogP contribution is -2.41. The van der Waals surface area contributed by atoms with Crippen LogP contribution in [-0.2, 0) is 4.79 Å². The summed E-state index contributed by atoms with van der Waals surface area (Å²) in [4.78, 5) is 24.9. The molecule has 1 atom stereocenters. The fraction of sp³-hybridized carbons (Fsp3) is 0.591. The fourth-order valence-corrected chi connectivity index (χ4v) is 4.33. The molecule has 2 aliphatic heterocycles. The van der Waals surface area contributed by atoms with Crippen LogP contribution in [0.4, 0.5) is 16.2 Å². The van der Waals surface area contributed by atoms with E-state index in [-0.39, 0.29) is 11.9 Å². The summed E-state index contributed by atoms with van der Waals surface area (Å²) in [6.45, 7) is 4.07. The van der Waals surface area contributed by atoms with Gasteiger partial charge in [0.05, 0.1) is 26.3 Å². The number of alkyl halides is 1.